The van der Waals surface area contributed by atoms with Gasteiger partial charge in [-0.2, -0.15) is 0 Å². The Labute approximate surface area is 78.1 Å². The highest BCUT2D eigenvalue weighted by Gasteiger charge is 2.04. The van der Waals surface area contributed by atoms with Crippen LogP contribution >= 0.6 is 0 Å². The molecule has 1 aromatic rings. The fraction of sp³-hybridized carbons (Fsp3) is 0.750. The Balaban J connectivity index is 2.30. The number of hydrogen-bond donors (Lipinski definition) is 1. The number of nitrogens with zero attached hydrogens (tertiary/aromatic N) is 3. The molecule has 1 atom stereocenters. The first-order valence-electron chi connectivity index (χ1n) is 4.33. The third-order valence-electron chi connectivity index (χ3n) is 1.79. The molecule has 0 aliphatic rings. The number of nitrogens with one attached hydrogen (secondary N) is 1. The van der Waals surface area contributed by atoms with Gasteiger partial charge in [-0.15, -0.1) is 10.2 Å². The minimum absolute atomic E-state index is 0.196. The van der Waals surface area contributed by atoms with Crippen molar-refractivity contribution < 1.29 is 4.74 Å². The van der Waals surface area contributed by atoms with Crippen LogP contribution in [0.15, 0.2) is 6.33 Å². The van der Waals surface area contributed by atoms with Gasteiger partial charge in [-0.1, -0.05) is 0 Å². The maximum Gasteiger partial charge on any atom is 0.158 e. The molecular weight excluding hydrogens is 168 g/mol. The summed E-state index contributed by atoms with van der Waals surface area (Å²) in [5.74, 6) is 0.850. The maximum absolute atomic E-state index is 5.52. The lowest BCUT2D eigenvalue weighted by molar-refractivity contribution is 0.0489. The maximum atomic E-state index is 5.52. The molecule has 0 aliphatic heterocycles. The van der Waals surface area contributed by atoms with E-state index in [1.165, 1.54) is 0 Å². The summed E-state index contributed by atoms with van der Waals surface area (Å²) in [6.45, 7) is 3.38. The molecular formula is C8H16N4O. The van der Waals surface area contributed by atoms with E-state index >= 15 is 0 Å². The first-order valence-corrected chi connectivity index (χ1v) is 4.33. The minimum Gasteiger partial charge on any atom is -0.369 e. The Morgan fingerprint density at radius 1 is 1.69 bits per heavy atom. The van der Waals surface area contributed by atoms with Crippen molar-refractivity contribution in [1.82, 2.24) is 20.1 Å². The van der Waals surface area contributed by atoms with Crippen molar-refractivity contribution in [2.75, 3.05) is 13.6 Å². The van der Waals surface area contributed by atoms with Crippen LogP contribution in [0.3, 0.4) is 0 Å². The minimum atomic E-state index is 0.196. The van der Waals surface area contributed by atoms with Crippen LogP contribution in [0.2, 0.25) is 0 Å². The van der Waals surface area contributed by atoms with Crippen LogP contribution in [-0.4, -0.2) is 34.5 Å². The standard InChI is InChI=1S/C8H16N4O/c1-7(4-9-2)13-5-8-11-10-6-12(8)3/h6-7,9H,4-5H2,1-3H3. The Morgan fingerprint density at radius 3 is 3.00 bits per heavy atom. The molecule has 5 nitrogen and oxygen atoms in total. The Hall–Kier alpha value is -0.940. The zero-order chi connectivity index (χ0) is 9.68. The highest BCUT2D eigenvalue weighted by Crippen LogP contribution is 1.97. The summed E-state index contributed by atoms with van der Waals surface area (Å²) in [5, 5.41) is 10.7. The molecule has 0 spiro atoms. The van der Waals surface area contributed by atoms with Gasteiger partial charge < -0.3 is 14.6 Å². The Morgan fingerprint density at radius 2 is 2.46 bits per heavy atom. The highest BCUT2D eigenvalue weighted by atomic mass is 16.5. The van der Waals surface area contributed by atoms with Crippen LogP contribution in [0.5, 0.6) is 0 Å². The van der Waals surface area contributed by atoms with E-state index in [2.05, 4.69) is 15.5 Å². The van der Waals surface area contributed by atoms with E-state index in [-0.39, 0.29) is 6.10 Å². The van der Waals surface area contributed by atoms with Crippen molar-refractivity contribution in [2.24, 2.45) is 7.05 Å². The van der Waals surface area contributed by atoms with E-state index in [0.717, 1.165) is 12.4 Å². The fourth-order valence-corrected chi connectivity index (χ4v) is 1.00. The lowest BCUT2D eigenvalue weighted by Crippen LogP contribution is -2.23. The summed E-state index contributed by atoms with van der Waals surface area (Å²) in [6.07, 6.45) is 1.86. The number of aryl methyl sites for hydroxylation is 1. The number of rotatable bonds is 5. The van der Waals surface area contributed by atoms with E-state index in [4.69, 9.17) is 4.74 Å². The number of ether oxygens (including phenoxy) is 1. The zero-order valence-electron chi connectivity index (χ0n) is 8.32. The van der Waals surface area contributed by atoms with Crippen molar-refractivity contribution in [1.29, 1.82) is 0 Å². The number of hydrogen-bond acceptors (Lipinski definition) is 4. The van der Waals surface area contributed by atoms with Gasteiger partial charge in [0.25, 0.3) is 0 Å². The van der Waals surface area contributed by atoms with Crippen LogP contribution in [-0.2, 0) is 18.4 Å². The van der Waals surface area contributed by atoms with E-state index in [1.54, 1.807) is 6.33 Å². The summed E-state index contributed by atoms with van der Waals surface area (Å²) >= 11 is 0. The Bertz CT molecular complexity index is 248. The summed E-state index contributed by atoms with van der Waals surface area (Å²) in [6, 6.07) is 0. The molecule has 0 fully saturated rings. The molecule has 13 heavy (non-hydrogen) atoms. The molecule has 1 heterocycles. The van der Waals surface area contributed by atoms with E-state index in [1.807, 2.05) is 25.6 Å². The SMILES string of the molecule is CNCC(C)OCc1nncn1C. The Kier molecular flexibility index (Phi) is 3.85. The average Bonchev–Trinajstić information content (AvgIpc) is 2.48. The number of aromatic nitrogens is 3. The van der Waals surface area contributed by atoms with Crippen molar-refractivity contribution in [3.63, 3.8) is 0 Å². The van der Waals surface area contributed by atoms with Crippen molar-refractivity contribution >= 4 is 0 Å². The van der Waals surface area contributed by atoms with Crippen LogP contribution in [0, 0.1) is 0 Å². The lowest BCUT2D eigenvalue weighted by atomic mass is 10.4. The molecule has 74 valence electrons. The van der Waals surface area contributed by atoms with Gasteiger partial charge in [0.2, 0.25) is 0 Å². The normalized spacial score (nSPS) is 13.2. The molecule has 0 aromatic carbocycles. The van der Waals surface area contributed by atoms with Crippen LogP contribution in [0.1, 0.15) is 12.7 Å². The quantitative estimate of drug-likeness (QED) is 0.696. The van der Waals surface area contributed by atoms with Crippen molar-refractivity contribution in [2.45, 2.75) is 19.6 Å². The predicted octanol–water partition coefficient (Wildman–Crippen LogP) is -0.0604. The molecule has 1 rings (SSSR count). The highest BCUT2D eigenvalue weighted by molar-refractivity contribution is 4.80. The van der Waals surface area contributed by atoms with Crippen LogP contribution in [0.4, 0.5) is 0 Å². The van der Waals surface area contributed by atoms with Gasteiger partial charge in [-0.05, 0) is 14.0 Å². The van der Waals surface area contributed by atoms with Gasteiger partial charge >= 0.3 is 0 Å². The number of likely N-dealkylation sites (N-methyl/N-ethyl adjacent to an activating group) is 1. The van der Waals surface area contributed by atoms with Crippen molar-refractivity contribution in [3.8, 4) is 0 Å². The molecule has 5 heteroatoms. The van der Waals surface area contributed by atoms with Gasteiger partial charge in [0, 0.05) is 13.6 Å². The largest absolute Gasteiger partial charge is 0.369 e. The molecule has 1 aromatic heterocycles. The summed E-state index contributed by atoms with van der Waals surface area (Å²) in [7, 11) is 3.81. The van der Waals surface area contributed by atoms with Gasteiger partial charge in [0.1, 0.15) is 12.9 Å². The molecule has 0 saturated heterocycles. The molecule has 1 N–H and O–H groups in total. The second-order valence-electron chi connectivity index (χ2n) is 3.04. The second-order valence-corrected chi connectivity index (χ2v) is 3.04. The van der Waals surface area contributed by atoms with E-state index in [9.17, 15) is 0 Å². The summed E-state index contributed by atoms with van der Waals surface area (Å²) in [4.78, 5) is 0. The zero-order valence-corrected chi connectivity index (χ0v) is 8.32. The first-order chi connectivity index (χ1) is 6.24. The molecule has 0 bridgehead atoms. The van der Waals surface area contributed by atoms with Crippen LogP contribution < -0.4 is 5.32 Å². The van der Waals surface area contributed by atoms with Crippen molar-refractivity contribution in [3.05, 3.63) is 12.2 Å². The summed E-state index contributed by atoms with van der Waals surface area (Å²) in [5.41, 5.74) is 0. The first kappa shape index (κ1) is 10.1. The monoisotopic (exact) mass is 184 g/mol. The molecule has 1 unspecified atom stereocenters. The fourth-order valence-electron chi connectivity index (χ4n) is 1.00. The van der Waals surface area contributed by atoms with Gasteiger partial charge in [0.15, 0.2) is 5.82 Å². The molecule has 0 saturated carbocycles. The second kappa shape index (κ2) is 4.94. The summed E-state index contributed by atoms with van der Waals surface area (Å²) < 4.78 is 7.38. The van der Waals surface area contributed by atoms with Crippen LogP contribution in [0.25, 0.3) is 0 Å². The van der Waals surface area contributed by atoms with Gasteiger partial charge in [-0.25, -0.2) is 0 Å². The predicted molar refractivity (Wildman–Crippen MR) is 49.2 cm³/mol. The van der Waals surface area contributed by atoms with E-state index < -0.39 is 0 Å². The topological polar surface area (TPSA) is 52.0 Å². The molecule has 0 amide bonds. The lowest BCUT2D eigenvalue weighted by Gasteiger charge is -2.11. The smallest absolute Gasteiger partial charge is 0.158 e. The van der Waals surface area contributed by atoms with Gasteiger partial charge in [-0.3, -0.25) is 0 Å². The van der Waals surface area contributed by atoms with E-state index in [0.29, 0.717) is 6.61 Å². The molecule has 0 radical (unpaired) electrons. The third kappa shape index (κ3) is 3.12. The van der Waals surface area contributed by atoms with Gasteiger partial charge in [0.05, 0.1) is 6.10 Å². The third-order valence-corrected chi connectivity index (χ3v) is 1.79. The molecule has 0 aliphatic carbocycles. The average molecular weight is 184 g/mol.